The molecule has 2 rings (SSSR count). The lowest BCUT2D eigenvalue weighted by atomic mass is 10.0. The van der Waals surface area contributed by atoms with Crippen molar-refractivity contribution in [1.82, 2.24) is 4.90 Å². The number of rotatable bonds is 6. The summed E-state index contributed by atoms with van der Waals surface area (Å²) in [6.07, 6.45) is 0.982. The Hall–Kier alpha value is -1.39. The molecule has 0 aliphatic carbocycles. The van der Waals surface area contributed by atoms with Crippen LogP contribution in [-0.2, 0) is 4.74 Å². The molecule has 1 fully saturated rings. The summed E-state index contributed by atoms with van der Waals surface area (Å²) in [7, 11) is 0. The van der Waals surface area contributed by atoms with E-state index in [-0.39, 0.29) is 5.78 Å². The molecule has 0 atom stereocenters. The fraction of sp³-hybridized carbons (Fsp3) is 0.588. The molecule has 4 nitrogen and oxygen atoms in total. The van der Waals surface area contributed by atoms with Crippen molar-refractivity contribution in [3.05, 3.63) is 28.8 Å². The first-order valence-corrected chi connectivity index (χ1v) is 7.69. The summed E-state index contributed by atoms with van der Waals surface area (Å²) in [6, 6.07) is 3.95. The molecule has 21 heavy (non-hydrogen) atoms. The lowest BCUT2D eigenvalue weighted by Gasteiger charge is -2.26. The van der Waals surface area contributed by atoms with Crippen LogP contribution in [-0.4, -0.2) is 50.1 Å². The first kappa shape index (κ1) is 16.0. The molecule has 4 heteroatoms. The first-order chi connectivity index (χ1) is 10.1. The Bertz CT molecular complexity index is 493. The van der Waals surface area contributed by atoms with Gasteiger partial charge in [0.2, 0.25) is 0 Å². The SMILES string of the molecule is CCCOc1cc(C)c(C(=O)CN2CCOCC2)cc1C. The second-order valence-electron chi connectivity index (χ2n) is 5.59. The predicted octanol–water partition coefficient (Wildman–Crippen LogP) is 2.61. The highest BCUT2D eigenvalue weighted by molar-refractivity contribution is 5.99. The van der Waals surface area contributed by atoms with Gasteiger partial charge in [0.05, 0.1) is 26.4 Å². The van der Waals surface area contributed by atoms with Crippen LogP contribution in [0.15, 0.2) is 12.1 Å². The van der Waals surface area contributed by atoms with Gasteiger partial charge in [0, 0.05) is 18.7 Å². The van der Waals surface area contributed by atoms with E-state index in [9.17, 15) is 4.79 Å². The number of aryl methyl sites for hydroxylation is 2. The molecule has 0 bridgehead atoms. The molecule has 0 aromatic heterocycles. The highest BCUT2D eigenvalue weighted by Crippen LogP contribution is 2.23. The van der Waals surface area contributed by atoms with Gasteiger partial charge < -0.3 is 9.47 Å². The number of Topliss-reactive ketones (excluding diaryl/α,β-unsaturated/α-hetero) is 1. The molecule has 1 aliphatic rings. The van der Waals surface area contributed by atoms with E-state index in [1.165, 1.54) is 0 Å². The maximum absolute atomic E-state index is 12.5. The molecule has 0 amide bonds. The third kappa shape index (κ3) is 4.29. The van der Waals surface area contributed by atoms with Crippen molar-refractivity contribution in [2.45, 2.75) is 27.2 Å². The van der Waals surface area contributed by atoms with E-state index in [1.54, 1.807) is 0 Å². The number of nitrogens with zero attached hydrogens (tertiary/aromatic N) is 1. The van der Waals surface area contributed by atoms with Crippen LogP contribution < -0.4 is 4.74 Å². The summed E-state index contributed by atoms with van der Waals surface area (Å²) in [6.45, 7) is 10.3. The number of ether oxygens (including phenoxy) is 2. The maximum Gasteiger partial charge on any atom is 0.177 e. The van der Waals surface area contributed by atoms with Crippen LogP contribution in [0.1, 0.15) is 34.8 Å². The van der Waals surface area contributed by atoms with Gasteiger partial charge in [0.15, 0.2) is 5.78 Å². The zero-order valence-electron chi connectivity index (χ0n) is 13.3. The van der Waals surface area contributed by atoms with Crippen molar-refractivity contribution in [2.24, 2.45) is 0 Å². The van der Waals surface area contributed by atoms with Gasteiger partial charge in [-0.25, -0.2) is 0 Å². The van der Waals surface area contributed by atoms with Crippen molar-refractivity contribution in [3.63, 3.8) is 0 Å². The van der Waals surface area contributed by atoms with Gasteiger partial charge in [-0.3, -0.25) is 9.69 Å². The molecular formula is C17H25NO3. The van der Waals surface area contributed by atoms with Gasteiger partial charge in [-0.1, -0.05) is 6.92 Å². The van der Waals surface area contributed by atoms with E-state index in [0.717, 1.165) is 55.2 Å². The summed E-state index contributed by atoms with van der Waals surface area (Å²) < 4.78 is 11.0. The van der Waals surface area contributed by atoms with E-state index in [1.807, 2.05) is 26.0 Å². The Labute approximate surface area is 127 Å². The van der Waals surface area contributed by atoms with E-state index in [0.29, 0.717) is 13.2 Å². The Morgan fingerprint density at radius 3 is 2.62 bits per heavy atom. The Balaban J connectivity index is 2.07. The second kappa shape index (κ2) is 7.57. The number of morpholine rings is 1. The molecule has 1 saturated heterocycles. The van der Waals surface area contributed by atoms with Crippen LogP contribution in [0.2, 0.25) is 0 Å². The number of benzene rings is 1. The Kier molecular flexibility index (Phi) is 5.76. The standard InChI is InChI=1S/C17H25NO3/c1-4-7-21-17-11-13(2)15(10-14(17)3)16(19)12-18-5-8-20-9-6-18/h10-11H,4-9,12H2,1-3H3. The lowest BCUT2D eigenvalue weighted by Crippen LogP contribution is -2.39. The van der Waals surface area contributed by atoms with Gasteiger partial charge in [0.1, 0.15) is 5.75 Å². The van der Waals surface area contributed by atoms with Gasteiger partial charge in [-0.2, -0.15) is 0 Å². The number of carbonyl (C=O) groups is 1. The van der Waals surface area contributed by atoms with Crippen molar-refractivity contribution in [2.75, 3.05) is 39.5 Å². The van der Waals surface area contributed by atoms with Crippen LogP contribution in [0.25, 0.3) is 0 Å². The van der Waals surface area contributed by atoms with E-state index < -0.39 is 0 Å². The van der Waals surface area contributed by atoms with Crippen molar-refractivity contribution >= 4 is 5.78 Å². The summed E-state index contributed by atoms with van der Waals surface area (Å²) in [5.74, 6) is 1.07. The van der Waals surface area contributed by atoms with Crippen LogP contribution in [0.5, 0.6) is 5.75 Å². The molecule has 0 saturated carbocycles. The lowest BCUT2D eigenvalue weighted by molar-refractivity contribution is 0.0371. The Morgan fingerprint density at radius 1 is 1.24 bits per heavy atom. The summed E-state index contributed by atoms with van der Waals surface area (Å²) in [5, 5.41) is 0. The minimum Gasteiger partial charge on any atom is -0.493 e. The van der Waals surface area contributed by atoms with Gasteiger partial charge in [-0.05, 0) is 43.5 Å². The molecule has 1 heterocycles. The smallest absolute Gasteiger partial charge is 0.177 e. The zero-order valence-corrected chi connectivity index (χ0v) is 13.3. The van der Waals surface area contributed by atoms with E-state index in [2.05, 4.69) is 11.8 Å². The third-order valence-electron chi connectivity index (χ3n) is 3.75. The average molecular weight is 291 g/mol. The molecule has 1 aromatic rings. The third-order valence-corrected chi connectivity index (χ3v) is 3.75. The molecular weight excluding hydrogens is 266 g/mol. The summed E-state index contributed by atoms with van der Waals surface area (Å²) in [5.41, 5.74) is 2.83. The molecule has 1 aromatic carbocycles. The van der Waals surface area contributed by atoms with Crippen LogP contribution in [0, 0.1) is 13.8 Å². The minimum atomic E-state index is 0.180. The van der Waals surface area contributed by atoms with Crippen LogP contribution >= 0.6 is 0 Å². The second-order valence-corrected chi connectivity index (χ2v) is 5.59. The maximum atomic E-state index is 12.5. The number of hydrogen-bond donors (Lipinski definition) is 0. The molecule has 116 valence electrons. The van der Waals surface area contributed by atoms with E-state index >= 15 is 0 Å². The number of carbonyl (C=O) groups excluding carboxylic acids is 1. The highest BCUT2D eigenvalue weighted by atomic mass is 16.5. The van der Waals surface area contributed by atoms with Crippen molar-refractivity contribution in [3.8, 4) is 5.75 Å². The van der Waals surface area contributed by atoms with Gasteiger partial charge in [0.25, 0.3) is 0 Å². The fourth-order valence-corrected chi connectivity index (χ4v) is 2.51. The monoisotopic (exact) mass is 291 g/mol. The van der Waals surface area contributed by atoms with Gasteiger partial charge in [-0.15, -0.1) is 0 Å². The molecule has 1 aliphatic heterocycles. The zero-order chi connectivity index (χ0) is 15.2. The first-order valence-electron chi connectivity index (χ1n) is 7.69. The van der Waals surface area contributed by atoms with E-state index in [4.69, 9.17) is 9.47 Å². The minimum absolute atomic E-state index is 0.180. The normalized spacial score (nSPS) is 16.0. The number of hydrogen-bond acceptors (Lipinski definition) is 4. The largest absolute Gasteiger partial charge is 0.493 e. The Morgan fingerprint density at radius 2 is 1.95 bits per heavy atom. The van der Waals surface area contributed by atoms with Crippen molar-refractivity contribution in [1.29, 1.82) is 0 Å². The molecule has 0 N–H and O–H groups in total. The predicted molar refractivity (Wildman–Crippen MR) is 83.3 cm³/mol. The topological polar surface area (TPSA) is 38.8 Å². The van der Waals surface area contributed by atoms with Crippen LogP contribution in [0.3, 0.4) is 0 Å². The fourth-order valence-electron chi connectivity index (χ4n) is 2.51. The molecule has 0 spiro atoms. The summed E-state index contributed by atoms with van der Waals surface area (Å²) in [4.78, 5) is 14.6. The number of ketones is 1. The quantitative estimate of drug-likeness (QED) is 0.755. The average Bonchev–Trinajstić information content (AvgIpc) is 2.48. The van der Waals surface area contributed by atoms with Crippen LogP contribution in [0.4, 0.5) is 0 Å². The van der Waals surface area contributed by atoms with Crippen molar-refractivity contribution < 1.29 is 14.3 Å². The molecule has 0 unspecified atom stereocenters. The molecule has 0 radical (unpaired) electrons. The summed E-state index contributed by atoms with van der Waals surface area (Å²) >= 11 is 0. The highest BCUT2D eigenvalue weighted by Gasteiger charge is 2.18. The van der Waals surface area contributed by atoms with Gasteiger partial charge >= 0.3 is 0 Å².